The molecule has 0 saturated heterocycles. The number of halogens is 1. The van der Waals surface area contributed by atoms with Crippen molar-refractivity contribution in [3.05, 3.63) is 94.8 Å². The Balaban J connectivity index is 1.25. The Morgan fingerprint density at radius 3 is 2.72 bits per heavy atom. The molecule has 1 aliphatic carbocycles. The number of carbonyl (C=O) groups is 1. The van der Waals surface area contributed by atoms with Crippen LogP contribution in [0.2, 0.25) is 5.02 Å². The van der Waals surface area contributed by atoms with E-state index in [2.05, 4.69) is 20.6 Å². The summed E-state index contributed by atoms with van der Waals surface area (Å²) in [5, 5.41) is 6.49. The number of sulfonamides is 1. The van der Waals surface area contributed by atoms with Gasteiger partial charge in [0.1, 0.15) is 0 Å². The van der Waals surface area contributed by atoms with Crippen LogP contribution in [0.5, 0.6) is 0 Å². The molecule has 2 N–H and O–H groups in total. The van der Waals surface area contributed by atoms with Gasteiger partial charge in [0, 0.05) is 34.2 Å². The van der Waals surface area contributed by atoms with E-state index in [1.54, 1.807) is 48.8 Å². The van der Waals surface area contributed by atoms with Crippen LogP contribution in [0.3, 0.4) is 0 Å². The quantitative estimate of drug-likeness (QED) is 0.514. The highest BCUT2D eigenvalue weighted by atomic mass is 35.5. The molecule has 0 fully saturated rings. The fourth-order valence-electron chi connectivity index (χ4n) is 4.45. The van der Waals surface area contributed by atoms with Crippen LogP contribution in [0, 0.1) is 0 Å². The van der Waals surface area contributed by atoms with Crippen molar-refractivity contribution >= 4 is 44.9 Å². The number of nitrogens with zero attached hydrogens (tertiary/aromatic N) is 3. The summed E-state index contributed by atoms with van der Waals surface area (Å²) < 4.78 is 27.7. The highest BCUT2D eigenvalue weighted by molar-refractivity contribution is 7.89. The summed E-state index contributed by atoms with van der Waals surface area (Å²) >= 11 is 6.11. The SMILES string of the molecule is O=C1Cc2cnc(Nc3ccc(S(=O)(=O)N4C=C5CC=CC=C5C4)cc3)nc2-c2ccc(Cl)cc2N1. The fraction of sp³-hybridized carbons (Fsp3) is 0.115. The van der Waals surface area contributed by atoms with Gasteiger partial charge in [-0.2, -0.15) is 0 Å². The van der Waals surface area contributed by atoms with Gasteiger partial charge >= 0.3 is 0 Å². The molecule has 6 rings (SSSR count). The van der Waals surface area contributed by atoms with Crippen LogP contribution in [-0.2, 0) is 21.2 Å². The average molecular weight is 518 g/mol. The molecule has 0 atom stereocenters. The number of rotatable bonds is 4. The monoisotopic (exact) mass is 517 g/mol. The minimum Gasteiger partial charge on any atom is -0.325 e. The predicted octanol–water partition coefficient (Wildman–Crippen LogP) is 4.81. The van der Waals surface area contributed by atoms with Crippen molar-refractivity contribution in [1.82, 2.24) is 14.3 Å². The van der Waals surface area contributed by atoms with E-state index in [1.165, 1.54) is 4.31 Å². The van der Waals surface area contributed by atoms with Gasteiger partial charge in [-0.25, -0.2) is 18.4 Å². The molecule has 1 aromatic heterocycles. The number of anilines is 3. The maximum Gasteiger partial charge on any atom is 0.264 e. The minimum atomic E-state index is -3.67. The summed E-state index contributed by atoms with van der Waals surface area (Å²) in [6, 6.07) is 11.7. The number of allylic oxidation sites excluding steroid dienone is 3. The third-order valence-corrected chi connectivity index (χ3v) is 8.21. The number of hydrogen-bond donors (Lipinski definition) is 2. The van der Waals surface area contributed by atoms with Crippen LogP contribution in [0.25, 0.3) is 11.3 Å². The fourth-order valence-corrected chi connectivity index (χ4v) is 5.94. The van der Waals surface area contributed by atoms with Crippen molar-refractivity contribution in [2.45, 2.75) is 17.7 Å². The third-order valence-electron chi connectivity index (χ3n) is 6.25. The Kier molecular flexibility index (Phi) is 5.39. The number of nitrogens with one attached hydrogen (secondary N) is 2. The molecular formula is C26H20ClN5O3S. The maximum absolute atomic E-state index is 13.2. The minimum absolute atomic E-state index is 0.147. The second-order valence-electron chi connectivity index (χ2n) is 8.66. The zero-order valence-corrected chi connectivity index (χ0v) is 20.5. The van der Waals surface area contributed by atoms with Gasteiger partial charge < -0.3 is 10.6 Å². The van der Waals surface area contributed by atoms with Gasteiger partial charge in [0.2, 0.25) is 11.9 Å². The van der Waals surface area contributed by atoms with Gasteiger partial charge in [0.25, 0.3) is 10.0 Å². The topological polar surface area (TPSA) is 104 Å². The lowest BCUT2D eigenvalue weighted by Crippen LogP contribution is -2.24. The first-order valence-electron chi connectivity index (χ1n) is 11.3. The molecule has 0 unspecified atom stereocenters. The molecule has 0 saturated carbocycles. The van der Waals surface area contributed by atoms with Gasteiger partial charge in [-0.1, -0.05) is 29.8 Å². The van der Waals surface area contributed by atoms with E-state index in [9.17, 15) is 13.2 Å². The molecular weight excluding hydrogens is 498 g/mol. The van der Waals surface area contributed by atoms with E-state index in [-0.39, 0.29) is 17.2 Å². The average Bonchev–Trinajstić information content (AvgIpc) is 3.25. The molecule has 2 aliphatic heterocycles. The lowest BCUT2D eigenvalue weighted by atomic mass is 10.0. The molecule has 1 amide bonds. The van der Waals surface area contributed by atoms with Crippen molar-refractivity contribution in [1.29, 1.82) is 0 Å². The molecule has 3 heterocycles. The van der Waals surface area contributed by atoms with E-state index in [4.69, 9.17) is 11.6 Å². The zero-order chi connectivity index (χ0) is 24.9. The van der Waals surface area contributed by atoms with Crippen LogP contribution in [-0.4, -0.2) is 35.1 Å². The summed E-state index contributed by atoms with van der Waals surface area (Å²) in [5.41, 5.74) is 5.36. The largest absolute Gasteiger partial charge is 0.325 e. The van der Waals surface area contributed by atoms with Gasteiger partial charge in [0.05, 0.1) is 29.2 Å². The predicted molar refractivity (Wildman–Crippen MR) is 138 cm³/mol. The summed E-state index contributed by atoms with van der Waals surface area (Å²) in [6.07, 6.45) is 10.1. The van der Waals surface area contributed by atoms with Gasteiger partial charge in [-0.05, 0) is 60.0 Å². The van der Waals surface area contributed by atoms with Crippen LogP contribution in [0.1, 0.15) is 12.0 Å². The van der Waals surface area contributed by atoms with Crippen molar-refractivity contribution in [2.24, 2.45) is 0 Å². The second-order valence-corrected chi connectivity index (χ2v) is 11.0. The molecule has 3 aromatic rings. The summed E-state index contributed by atoms with van der Waals surface area (Å²) in [4.78, 5) is 21.5. The Labute approximate surface area is 213 Å². The summed E-state index contributed by atoms with van der Waals surface area (Å²) in [5.74, 6) is 0.159. The number of aromatic nitrogens is 2. The van der Waals surface area contributed by atoms with Crippen LogP contribution in [0.4, 0.5) is 17.3 Å². The van der Waals surface area contributed by atoms with E-state index in [1.807, 2.05) is 24.3 Å². The Bertz CT molecular complexity index is 1610. The van der Waals surface area contributed by atoms with E-state index in [0.717, 1.165) is 23.1 Å². The number of amides is 1. The Hall–Kier alpha value is -3.95. The first kappa shape index (κ1) is 22.5. The number of carbonyl (C=O) groups excluding carboxylic acids is 1. The summed E-state index contributed by atoms with van der Waals surface area (Å²) in [7, 11) is -3.67. The Morgan fingerprint density at radius 2 is 1.92 bits per heavy atom. The van der Waals surface area contributed by atoms with Crippen molar-refractivity contribution in [2.75, 3.05) is 17.2 Å². The third kappa shape index (κ3) is 4.06. The number of benzene rings is 2. The Morgan fingerprint density at radius 1 is 1.08 bits per heavy atom. The van der Waals surface area contributed by atoms with Crippen molar-refractivity contribution < 1.29 is 13.2 Å². The lowest BCUT2D eigenvalue weighted by Gasteiger charge is -2.16. The van der Waals surface area contributed by atoms with Crippen LogP contribution in [0.15, 0.2) is 89.1 Å². The van der Waals surface area contributed by atoms with Gasteiger partial charge in [-0.3, -0.25) is 9.10 Å². The van der Waals surface area contributed by atoms with Gasteiger partial charge in [-0.15, -0.1) is 0 Å². The zero-order valence-electron chi connectivity index (χ0n) is 18.9. The summed E-state index contributed by atoms with van der Waals surface area (Å²) in [6.45, 7) is 0.342. The van der Waals surface area contributed by atoms with E-state index >= 15 is 0 Å². The molecule has 0 bridgehead atoms. The number of fused-ring (bicyclic) bond motifs is 4. The highest BCUT2D eigenvalue weighted by Gasteiger charge is 2.29. The first-order chi connectivity index (χ1) is 17.4. The maximum atomic E-state index is 13.2. The molecule has 180 valence electrons. The molecule has 3 aliphatic rings. The molecule has 0 radical (unpaired) electrons. The van der Waals surface area contributed by atoms with Crippen molar-refractivity contribution in [3.63, 3.8) is 0 Å². The smallest absolute Gasteiger partial charge is 0.264 e. The second kappa shape index (κ2) is 8.61. The number of hydrogen-bond acceptors (Lipinski definition) is 6. The molecule has 2 aromatic carbocycles. The lowest BCUT2D eigenvalue weighted by molar-refractivity contribution is -0.115. The highest BCUT2D eigenvalue weighted by Crippen LogP contribution is 2.35. The van der Waals surface area contributed by atoms with E-state index in [0.29, 0.717) is 40.1 Å². The molecule has 0 spiro atoms. The van der Waals surface area contributed by atoms with E-state index < -0.39 is 10.0 Å². The standard InChI is InChI=1S/C26H20ClN5O3S/c27-19-5-10-22-23(12-19)30-24(33)11-18-13-28-26(31-25(18)22)29-20-6-8-21(9-7-20)36(34,35)32-14-16-3-1-2-4-17(16)15-32/h1-3,5-10,12-13,15H,4,11,14H2,(H,30,33)(H,28,29,31). The van der Waals surface area contributed by atoms with Crippen LogP contribution < -0.4 is 10.6 Å². The normalized spacial score (nSPS) is 16.2. The van der Waals surface area contributed by atoms with Gasteiger partial charge in [0.15, 0.2) is 0 Å². The van der Waals surface area contributed by atoms with Crippen molar-refractivity contribution in [3.8, 4) is 11.3 Å². The first-order valence-corrected chi connectivity index (χ1v) is 13.1. The molecule has 10 heteroatoms. The van der Waals surface area contributed by atoms with Crippen LogP contribution >= 0.6 is 11.6 Å². The molecule has 8 nitrogen and oxygen atoms in total. The molecule has 36 heavy (non-hydrogen) atoms.